The molecule has 1 saturated heterocycles. The lowest BCUT2D eigenvalue weighted by molar-refractivity contribution is 0.529. The molecule has 30 heavy (non-hydrogen) atoms. The van der Waals surface area contributed by atoms with Gasteiger partial charge in [0.05, 0.1) is 20.9 Å². The molecule has 1 aliphatic heterocycles. The fourth-order valence-electron chi connectivity index (χ4n) is 3.58. The van der Waals surface area contributed by atoms with Gasteiger partial charge in [0.15, 0.2) is 15.0 Å². The molecule has 2 heterocycles. The summed E-state index contributed by atoms with van der Waals surface area (Å²) in [6.45, 7) is 1.28. The SMILES string of the molecule is O=S(=O)(c1ccc(Cl)cc1Cl)C1CCN(c2nc(Cc3ccc(Cl)cc3)cs2)CC1. The summed E-state index contributed by atoms with van der Waals surface area (Å²) in [5, 5.41) is 3.85. The van der Waals surface area contributed by atoms with E-state index in [1.165, 1.54) is 12.1 Å². The molecule has 1 aliphatic rings. The predicted octanol–water partition coefficient (Wildman–Crippen LogP) is 6.14. The Morgan fingerprint density at radius 3 is 2.33 bits per heavy atom. The molecule has 0 amide bonds. The summed E-state index contributed by atoms with van der Waals surface area (Å²) in [6.07, 6.45) is 1.81. The Kier molecular flexibility index (Phi) is 6.61. The summed E-state index contributed by atoms with van der Waals surface area (Å²) in [4.78, 5) is 7.06. The van der Waals surface area contributed by atoms with E-state index < -0.39 is 15.1 Å². The summed E-state index contributed by atoms with van der Waals surface area (Å²) in [7, 11) is -3.50. The van der Waals surface area contributed by atoms with E-state index in [0.717, 1.165) is 27.8 Å². The van der Waals surface area contributed by atoms with Gasteiger partial charge in [-0.15, -0.1) is 11.3 Å². The normalized spacial score (nSPS) is 15.5. The van der Waals surface area contributed by atoms with Crippen molar-refractivity contribution in [2.45, 2.75) is 29.4 Å². The zero-order chi connectivity index (χ0) is 21.3. The standard InChI is InChI=1S/C21H19Cl3N2O2S2/c22-15-3-1-14(2-4-15)11-17-13-29-21(25-17)26-9-7-18(8-10-26)30(27,28)20-6-5-16(23)12-19(20)24/h1-6,12-13,18H,7-11H2. The summed E-state index contributed by atoms with van der Waals surface area (Å²) in [6, 6.07) is 12.3. The van der Waals surface area contributed by atoms with Gasteiger partial charge < -0.3 is 4.90 Å². The van der Waals surface area contributed by atoms with Crippen LogP contribution in [0.1, 0.15) is 24.1 Å². The van der Waals surface area contributed by atoms with Crippen LogP contribution in [0.15, 0.2) is 52.7 Å². The number of benzene rings is 2. The number of piperidine rings is 1. The average molecular weight is 502 g/mol. The molecule has 4 rings (SSSR count). The third kappa shape index (κ3) is 4.78. The number of nitrogens with zero attached hydrogens (tertiary/aromatic N) is 2. The molecule has 9 heteroatoms. The molecular weight excluding hydrogens is 483 g/mol. The van der Waals surface area contributed by atoms with E-state index in [1.807, 2.05) is 24.3 Å². The Labute approximate surface area is 195 Å². The van der Waals surface area contributed by atoms with Gasteiger partial charge in [-0.1, -0.05) is 46.9 Å². The van der Waals surface area contributed by atoms with Crippen LogP contribution in [0.25, 0.3) is 0 Å². The lowest BCUT2D eigenvalue weighted by Crippen LogP contribution is -2.39. The van der Waals surface area contributed by atoms with E-state index in [4.69, 9.17) is 39.8 Å². The van der Waals surface area contributed by atoms with Crippen LogP contribution in [-0.2, 0) is 16.3 Å². The number of rotatable bonds is 5. The van der Waals surface area contributed by atoms with Crippen molar-refractivity contribution in [3.63, 3.8) is 0 Å². The second kappa shape index (κ2) is 9.05. The number of thiazole rings is 1. The van der Waals surface area contributed by atoms with Crippen LogP contribution in [0.2, 0.25) is 15.1 Å². The van der Waals surface area contributed by atoms with Crippen LogP contribution in [0.5, 0.6) is 0 Å². The molecule has 0 N–H and O–H groups in total. The smallest absolute Gasteiger partial charge is 0.185 e. The summed E-state index contributed by atoms with van der Waals surface area (Å²) < 4.78 is 26.1. The van der Waals surface area contributed by atoms with E-state index in [-0.39, 0.29) is 9.92 Å². The molecule has 158 valence electrons. The molecule has 4 nitrogen and oxygen atoms in total. The van der Waals surface area contributed by atoms with Gasteiger partial charge in [0, 0.05) is 34.9 Å². The Hall–Kier alpha value is -1.31. The number of hydrogen-bond donors (Lipinski definition) is 0. The van der Waals surface area contributed by atoms with Crippen LogP contribution < -0.4 is 4.90 Å². The van der Waals surface area contributed by atoms with Gasteiger partial charge in [-0.3, -0.25) is 0 Å². The number of halogens is 3. The van der Waals surface area contributed by atoms with Crippen LogP contribution in [0, 0.1) is 0 Å². The van der Waals surface area contributed by atoms with E-state index in [2.05, 4.69) is 10.3 Å². The second-order valence-electron chi connectivity index (χ2n) is 7.23. The van der Waals surface area contributed by atoms with Crippen LogP contribution >= 0.6 is 46.1 Å². The lowest BCUT2D eigenvalue weighted by atomic mass is 10.1. The van der Waals surface area contributed by atoms with Crippen molar-refractivity contribution < 1.29 is 8.42 Å². The van der Waals surface area contributed by atoms with Crippen molar-refractivity contribution >= 4 is 61.1 Å². The lowest BCUT2D eigenvalue weighted by Gasteiger charge is -2.31. The predicted molar refractivity (Wildman–Crippen MR) is 125 cm³/mol. The van der Waals surface area contributed by atoms with Crippen molar-refractivity contribution in [1.29, 1.82) is 0 Å². The van der Waals surface area contributed by atoms with E-state index in [1.54, 1.807) is 17.4 Å². The average Bonchev–Trinajstić information content (AvgIpc) is 3.18. The van der Waals surface area contributed by atoms with E-state index in [0.29, 0.717) is 31.0 Å². The van der Waals surface area contributed by atoms with Crippen LogP contribution in [-0.4, -0.2) is 31.7 Å². The van der Waals surface area contributed by atoms with Crippen LogP contribution in [0.3, 0.4) is 0 Å². The first-order chi connectivity index (χ1) is 14.3. The van der Waals surface area contributed by atoms with Gasteiger partial charge in [0.25, 0.3) is 0 Å². The van der Waals surface area contributed by atoms with Gasteiger partial charge >= 0.3 is 0 Å². The fourth-order valence-corrected chi connectivity index (χ4v) is 7.09. The molecule has 0 spiro atoms. The minimum atomic E-state index is -3.50. The third-order valence-electron chi connectivity index (χ3n) is 5.19. The molecule has 0 atom stereocenters. The Morgan fingerprint density at radius 1 is 1.00 bits per heavy atom. The highest BCUT2D eigenvalue weighted by Gasteiger charge is 2.33. The topological polar surface area (TPSA) is 50.3 Å². The first-order valence-corrected chi connectivity index (χ1v) is 13.0. The maximum absolute atomic E-state index is 13.0. The quantitative estimate of drug-likeness (QED) is 0.421. The summed E-state index contributed by atoms with van der Waals surface area (Å²) >= 11 is 19.6. The largest absolute Gasteiger partial charge is 0.348 e. The molecule has 1 fully saturated rings. The molecule has 0 bridgehead atoms. The molecule has 0 unspecified atom stereocenters. The molecular formula is C21H19Cl3N2O2S2. The zero-order valence-corrected chi connectivity index (χ0v) is 19.8. The molecule has 0 aliphatic carbocycles. The molecule has 3 aromatic rings. The number of sulfone groups is 1. The first-order valence-electron chi connectivity index (χ1n) is 9.45. The van der Waals surface area contributed by atoms with Gasteiger partial charge in [-0.25, -0.2) is 13.4 Å². The summed E-state index contributed by atoms with van der Waals surface area (Å²) in [5.41, 5.74) is 2.15. The highest BCUT2D eigenvalue weighted by Crippen LogP contribution is 2.33. The molecule has 0 radical (unpaired) electrons. The first kappa shape index (κ1) is 21.9. The summed E-state index contributed by atoms with van der Waals surface area (Å²) in [5.74, 6) is 0. The van der Waals surface area contributed by atoms with E-state index in [9.17, 15) is 8.42 Å². The number of hydrogen-bond acceptors (Lipinski definition) is 5. The van der Waals surface area contributed by atoms with E-state index >= 15 is 0 Å². The third-order valence-corrected chi connectivity index (χ3v) is 9.37. The highest BCUT2D eigenvalue weighted by molar-refractivity contribution is 7.92. The minimum absolute atomic E-state index is 0.159. The van der Waals surface area contributed by atoms with Gasteiger partial charge in [-0.05, 0) is 48.7 Å². The van der Waals surface area contributed by atoms with Crippen molar-refractivity contribution in [2.24, 2.45) is 0 Å². The van der Waals surface area contributed by atoms with Gasteiger partial charge in [0.2, 0.25) is 0 Å². The maximum Gasteiger partial charge on any atom is 0.185 e. The monoisotopic (exact) mass is 500 g/mol. The van der Waals surface area contributed by atoms with Gasteiger partial charge in [0.1, 0.15) is 0 Å². The second-order valence-corrected chi connectivity index (χ2v) is 11.5. The van der Waals surface area contributed by atoms with Crippen LogP contribution in [0.4, 0.5) is 5.13 Å². The Balaban J connectivity index is 1.41. The fraction of sp³-hybridized carbons (Fsp3) is 0.286. The van der Waals surface area contributed by atoms with Crippen molar-refractivity contribution in [3.05, 3.63) is 74.2 Å². The minimum Gasteiger partial charge on any atom is -0.348 e. The maximum atomic E-state index is 13.0. The Morgan fingerprint density at radius 2 is 1.67 bits per heavy atom. The molecule has 1 aromatic heterocycles. The van der Waals surface area contributed by atoms with Crippen molar-refractivity contribution in [2.75, 3.05) is 18.0 Å². The number of aromatic nitrogens is 1. The molecule has 2 aromatic carbocycles. The number of anilines is 1. The molecule has 0 saturated carbocycles. The highest BCUT2D eigenvalue weighted by atomic mass is 35.5. The Bertz CT molecular complexity index is 1140. The zero-order valence-electron chi connectivity index (χ0n) is 15.9. The van der Waals surface area contributed by atoms with Crippen molar-refractivity contribution in [3.8, 4) is 0 Å². The van der Waals surface area contributed by atoms with Gasteiger partial charge in [-0.2, -0.15) is 0 Å². The van der Waals surface area contributed by atoms with Crippen molar-refractivity contribution in [1.82, 2.24) is 4.98 Å².